The Hall–Kier alpha value is -2.31. The summed E-state index contributed by atoms with van der Waals surface area (Å²) < 4.78 is 1.86. The molecule has 1 aliphatic heterocycles. The number of hydrogen-bond acceptors (Lipinski definition) is 4. The maximum absolute atomic E-state index is 12.9. The van der Waals surface area contributed by atoms with Crippen molar-refractivity contribution in [1.29, 1.82) is 0 Å². The Kier molecular flexibility index (Phi) is 5.42. The Balaban J connectivity index is 1.50. The minimum Gasteiger partial charge on any atom is -0.311 e. The summed E-state index contributed by atoms with van der Waals surface area (Å²) in [5.41, 5.74) is 5.42. The maximum atomic E-state index is 12.9. The third kappa shape index (κ3) is 3.80. The van der Waals surface area contributed by atoms with Crippen LogP contribution in [0.4, 0.5) is 5.69 Å². The van der Waals surface area contributed by atoms with Gasteiger partial charge in [0.1, 0.15) is 6.33 Å². The second kappa shape index (κ2) is 7.97. The molecule has 0 radical (unpaired) electrons. The van der Waals surface area contributed by atoms with Crippen LogP contribution in [-0.2, 0) is 11.2 Å². The molecule has 0 saturated heterocycles. The molecule has 0 aliphatic carbocycles. The van der Waals surface area contributed by atoms with Gasteiger partial charge in [0.2, 0.25) is 5.91 Å². The molecule has 2 heterocycles. The summed E-state index contributed by atoms with van der Waals surface area (Å²) in [5.74, 6) is 0.400. The molecule has 0 atom stereocenters. The smallest absolute Gasteiger partial charge is 0.237 e. The number of carbonyl (C=O) groups is 1. The van der Waals surface area contributed by atoms with E-state index in [0.717, 1.165) is 36.3 Å². The van der Waals surface area contributed by atoms with Gasteiger partial charge in [-0.3, -0.25) is 9.36 Å². The van der Waals surface area contributed by atoms with Crippen LogP contribution in [0, 0.1) is 13.8 Å². The number of fused-ring (bicyclic) bond motifs is 1. The molecule has 0 spiro atoms. The zero-order chi connectivity index (χ0) is 19.7. The lowest BCUT2D eigenvalue weighted by Crippen LogP contribution is -2.36. The van der Waals surface area contributed by atoms with E-state index >= 15 is 0 Å². The monoisotopic (exact) mass is 412 g/mol. The molecule has 0 bridgehead atoms. The van der Waals surface area contributed by atoms with Gasteiger partial charge in [-0.1, -0.05) is 47.1 Å². The van der Waals surface area contributed by atoms with Crippen LogP contribution in [-0.4, -0.2) is 33.0 Å². The number of benzene rings is 2. The number of anilines is 1. The van der Waals surface area contributed by atoms with Crippen molar-refractivity contribution in [3.8, 4) is 5.69 Å². The zero-order valence-corrected chi connectivity index (χ0v) is 17.4. The lowest BCUT2D eigenvalue weighted by Gasteiger charge is -2.29. The first-order chi connectivity index (χ1) is 13.5. The topological polar surface area (TPSA) is 51.0 Å². The van der Waals surface area contributed by atoms with Crippen molar-refractivity contribution in [2.24, 2.45) is 0 Å². The zero-order valence-electron chi connectivity index (χ0n) is 15.9. The van der Waals surface area contributed by atoms with Gasteiger partial charge in [0.25, 0.3) is 0 Å². The lowest BCUT2D eigenvalue weighted by atomic mass is 10.00. The Morgan fingerprint density at radius 1 is 1.21 bits per heavy atom. The van der Waals surface area contributed by atoms with E-state index in [0.29, 0.717) is 15.9 Å². The van der Waals surface area contributed by atoms with Crippen LogP contribution in [0.25, 0.3) is 5.69 Å². The van der Waals surface area contributed by atoms with Crippen LogP contribution in [0.15, 0.2) is 47.9 Å². The lowest BCUT2D eigenvalue weighted by molar-refractivity contribution is -0.116. The van der Waals surface area contributed by atoms with Crippen LogP contribution in [0.3, 0.4) is 0 Å². The molecule has 1 aromatic heterocycles. The molecule has 1 aliphatic rings. The number of halogens is 1. The average molecular weight is 413 g/mol. The Labute approximate surface area is 173 Å². The Morgan fingerprint density at radius 2 is 2.07 bits per heavy atom. The van der Waals surface area contributed by atoms with E-state index in [9.17, 15) is 4.79 Å². The first kappa shape index (κ1) is 19.0. The predicted octanol–water partition coefficient (Wildman–Crippen LogP) is 4.61. The summed E-state index contributed by atoms with van der Waals surface area (Å²) in [6.07, 6.45) is 3.66. The summed E-state index contributed by atoms with van der Waals surface area (Å²) >= 11 is 7.64. The fourth-order valence-corrected chi connectivity index (χ4v) is 4.40. The third-order valence-electron chi connectivity index (χ3n) is 4.93. The molecule has 0 unspecified atom stereocenters. The summed E-state index contributed by atoms with van der Waals surface area (Å²) in [5, 5.41) is 9.56. The van der Waals surface area contributed by atoms with Gasteiger partial charge in [0.15, 0.2) is 5.16 Å². The molecule has 7 heteroatoms. The fraction of sp³-hybridized carbons (Fsp3) is 0.286. The molecular formula is C21H21ClN4OS. The van der Waals surface area contributed by atoms with E-state index < -0.39 is 0 Å². The highest BCUT2D eigenvalue weighted by molar-refractivity contribution is 7.99. The molecule has 28 heavy (non-hydrogen) atoms. The second-order valence-corrected chi connectivity index (χ2v) is 8.34. The molecule has 0 N–H and O–H groups in total. The molecule has 1 amide bonds. The van der Waals surface area contributed by atoms with Crippen molar-refractivity contribution in [3.63, 3.8) is 0 Å². The van der Waals surface area contributed by atoms with E-state index in [-0.39, 0.29) is 5.91 Å². The van der Waals surface area contributed by atoms with E-state index in [1.165, 1.54) is 22.9 Å². The van der Waals surface area contributed by atoms with E-state index in [2.05, 4.69) is 35.3 Å². The van der Waals surface area contributed by atoms with Gasteiger partial charge in [-0.05, 0) is 56.0 Å². The number of amides is 1. The molecule has 0 fully saturated rings. The number of hydrogen-bond donors (Lipinski definition) is 0. The van der Waals surface area contributed by atoms with E-state index in [1.54, 1.807) is 6.33 Å². The number of thioether (sulfide) groups is 1. The summed E-state index contributed by atoms with van der Waals surface area (Å²) in [6.45, 7) is 4.81. The van der Waals surface area contributed by atoms with Crippen LogP contribution in [0.5, 0.6) is 0 Å². The molecule has 5 nitrogen and oxygen atoms in total. The highest BCUT2D eigenvalue weighted by Crippen LogP contribution is 2.29. The summed E-state index contributed by atoms with van der Waals surface area (Å²) in [6, 6.07) is 12.1. The summed E-state index contributed by atoms with van der Waals surface area (Å²) in [4.78, 5) is 14.8. The predicted molar refractivity (Wildman–Crippen MR) is 114 cm³/mol. The number of aryl methyl sites for hydroxylation is 3. The third-order valence-corrected chi connectivity index (χ3v) is 6.26. The molecule has 2 aromatic carbocycles. The van der Waals surface area contributed by atoms with Crippen molar-refractivity contribution in [1.82, 2.24) is 14.8 Å². The fourth-order valence-electron chi connectivity index (χ4n) is 3.42. The van der Waals surface area contributed by atoms with Crippen LogP contribution in [0.1, 0.15) is 23.1 Å². The molecule has 4 rings (SSSR count). The van der Waals surface area contributed by atoms with Crippen molar-refractivity contribution < 1.29 is 4.79 Å². The second-order valence-electron chi connectivity index (χ2n) is 6.99. The van der Waals surface area contributed by atoms with Gasteiger partial charge >= 0.3 is 0 Å². The minimum absolute atomic E-state index is 0.0892. The number of aromatic nitrogens is 3. The number of rotatable bonds is 4. The van der Waals surface area contributed by atoms with E-state index in [1.807, 2.05) is 34.6 Å². The highest BCUT2D eigenvalue weighted by atomic mass is 35.5. The SMILES string of the molecule is Cc1ccc2c(c1)CCCN2C(=O)CSc1nncn1-c1ccc(C)c(Cl)c1. The van der Waals surface area contributed by atoms with Crippen molar-refractivity contribution in [3.05, 3.63) is 64.4 Å². The molecule has 0 saturated carbocycles. The Bertz CT molecular complexity index is 1030. The first-order valence-electron chi connectivity index (χ1n) is 9.22. The van der Waals surface area contributed by atoms with Gasteiger partial charge in [-0.15, -0.1) is 10.2 Å². The molecular weight excluding hydrogens is 392 g/mol. The van der Waals surface area contributed by atoms with Crippen molar-refractivity contribution >= 4 is 35.0 Å². The van der Waals surface area contributed by atoms with Gasteiger partial charge in [-0.2, -0.15) is 0 Å². The van der Waals surface area contributed by atoms with Gasteiger partial charge in [0.05, 0.1) is 11.4 Å². The van der Waals surface area contributed by atoms with Crippen LogP contribution >= 0.6 is 23.4 Å². The molecule has 144 valence electrons. The quantitative estimate of drug-likeness (QED) is 0.587. The van der Waals surface area contributed by atoms with Crippen molar-refractivity contribution in [2.75, 3.05) is 17.2 Å². The van der Waals surface area contributed by atoms with Crippen molar-refractivity contribution in [2.45, 2.75) is 31.8 Å². The average Bonchev–Trinajstić information content (AvgIpc) is 3.16. The first-order valence-corrected chi connectivity index (χ1v) is 10.6. The van der Waals surface area contributed by atoms with Gasteiger partial charge in [-0.25, -0.2) is 0 Å². The number of nitrogens with zero attached hydrogens (tertiary/aromatic N) is 4. The normalized spacial score (nSPS) is 13.5. The van der Waals surface area contributed by atoms with E-state index in [4.69, 9.17) is 11.6 Å². The van der Waals surface area contributed by atoms with Crippen LogP contribution < -0.4 is 4.90 Å². The van der Waals surface area contributed by atoms with Gasteiger partial charge in [0, 0.05) is 17.3 Å². The Morgan fingerprint density at radius 3 is 2.89 bits per heavy atom. The highest BCUT2D eigenvalue weighted by Gasteiger charge is 2.23. The largest absolute Gasteiger partial charge is 0.311 e. The maximum Gasteiger partial charge on any atom is 0.237 e. The summed E-state index contributed by atoms with van der Waals surface area (Å²) in [7, 11) is 0. The standard InChI is InChI=1S/C21H21ClN4OS/c1-14-5-8-19-16(10-14)4-3-9-25(19)20(27)12-28-21-24-23-13-26(21)17-7-6-15(2)18(22)11-17/h5-8,10-11,13H,3-4,9,12H2,1-2H3. The molecule has 3 aromatic rings. The number of carbonyl (C=O) groups excluding carboxylic acids is 1. The van der Waals surface area contributed by atoms with Crippen LogP contribution in [0.2, 0.25) is 5.02 Å². The minimum atomic E-state index is 0.0892. The van der Waals surface area contributed by atoms with Gasteiger partial charge < -0.3 is 4.90 Å².